The summed E-state index contributed by atoms with van der Waals surface area (Å²) in [4.78, 5) is 11.6. The third-order valence-electron chi connectivity index (χ3n) is 6.39. The second-order valence-corrected chi connectivity index (χ2v) is 8.04. The molecule has 1 saturated heterocycles. The average Bonchev–Trinajstić information content (AvgIpc) is 2.54. The Morgan fingerprint density at radius 1 is 1.20 bits per heavy atom. The normalized spacial score (nSPS) is 50.3. The lowest BCUT2D eigenvalue weighted by Gasteiger charge is -2.52. The first-order chi connectivity index (χ1) is 9.24. The Balaban J connectivity index is 2.08. The molecule has 0 aromatic carbocycles. The largest absolute Gasteiger partial charge is 0.459 e. The first-order valence-electron chi connectivity index (χ1n) is 8.11. The van der Waals surface area contributed by atoms with Gasteiger partial charge in [0, 0.05) is 12.8 Å². The van der Waals surface area contributed by atoms with E-state index in [1.165, 1.54) is 26.2 Å². The summed E-state index contributed by atoms with van der Waals surface area (Å²) in [6.45, 7) is 10.6. The molecule has 2 aliphatic carbocycles. The summed E-state index contributed by atoms with van der Waals surface area (Å²) in [6, 6.07) is 0. The van der Waals surface area contributed by atoms with Gasteiger partial charge in [0.05, 0.1) is 5.60 Å². The maximum Gasteiger partial charge on any atom is 0.303 e. The Hall–Kier alpha value is -0.570. The predicted octanol–water partition coefficient (Wildman–Crippen LogP) is 3.70. The highest BCUT2D eigenvalue weighted by atomic mass is 16.6. The molecular formula is C17H28O3. The highest BCUT2D eigenvalue weighted by molar-refractivity contribution is 5.66. The van der Waals surface area contributed by atoms with Crippen LogP contribution in [0.25, 0.3) is 0 Å². The van der Waals surface area contributed by atoms with Crippen molar-refractivity contribution in [3.8, 4) is 0 Å². The molecule has 1 heterocycles. The lowest BCUT2D eigenvalue weighted by molar-refractivity contribution is -0.177. The van der Waals surface area contributed by atoms with E-state index >= 15 is 0 Å². The van der Waals surface area contributed by atoms with Gasteiger partial charge in [-0.3, -0.25) is 4.79 Å². The van der Waals surface area contributed by atoms with Crippen molar-refractivity contribution in [1.29, 1.82) is 0 Å². The van der Waals surface area contributed by atoms with Crippen LogP contribution < -0.4 is 0 Å². The number of hydrogen-bond acceptors (Lipinski definition) is 3. The molecule has 114 valence electrons. The molecule has 0 aromatic heterocycles. The van der Waals surface area contributed by atoms with E-state index in [-0.39, 0.29) is 28.7 Å². The Kier molecular flexibility index (Phi) is 3.03. The molecule has 3 heteroatoms. The van der Waals surface area contributed by atoms with Gasteiger partial charge in [-0.1, -0.05) is 27.2 Å². The fourth-order valence-electron chi connectivity index (χ4n) is 5.50. The zero-order valence-corrected chi connectivity index (χ0v) is 13.5. The number of rotatable bonds is 2. The molecule has 3 fully saturated rings. The molecule has 0 spiro atoms. The minimum Gasteiger partial charge on any atom is -0.459 e. The lowest BCUT2D eigenvalue weighted by atomic mass is 9.53. The SMILES string of the molecule is CC(=O)OC1C2C3(C)CCCC2(C)OC1(C(C)C)CC3. The molecule has 5 unspecified atom stereocenters. The summed E-state index contributed by atoms with van der Waals surface area (Å²) in [5.41, 5.74) is -0.120. The van der Waals surface area contributed by atoms with Crippen LogP contribution in [0.3, 0.4) is 0 Å². The molecule has 0 radical (unpaired) electrons. The number of hydrogen-bond donors (Lipinski definition) is 0. The number of carbonyl (C=O) groups excluding carboxylic acids is 1. The summed E-state index contributed by atoms with van der Waals surface area (Å²) < 4.78 is 12.5. The molecule has 5 atom stereocenters. The molecule has 3 nitrogen and oxygen atoms in total. The second-order valence-electron chi connectivity index (χ2n) is 8.04. The van der Waals surface area contributed by atoms with Gasteiger partial charge < -0.3 is 9.47 Å². The summed E-state index contributed by atoms with van der Waals surface area (Å²) in [6.07, 6.45) is 5.71. The quantitative estimate of drug-likeness (QED) is 0.723. The van der Waals surface area contributed by atoms with E-state index in [0.29, 0.717) is 11.8 Å². The van der Waals surface area contributed by atoms with Gasteiger partial charge in [0.2, 0.25) is 0 Å². The lowest BCUT2D eigenvalue weighted by Crippen LogP contribution is -2.57. The van der Waals surface area contributed by atoms with E-state index in [4.69, 9.17) is 9.47 Å². The second kappa shape index (κ2) is 4.22. The molecule has 3 aliphatic rings. The van der Waals surface area contributed by atoms with Crippen molar-refractivity contribution in [2.75, 3.05) is 0 Å². The molecule has 2 saturated carbocycles. The Bertz CT molecular complexity index is 432. The first kappa shape index (κ1) is 14.4. The molecule has 1 aliphatic heterocycles. The minimum atomic E-state index is -0.269. The van der Waals surface area contributed by atoms with E-state index < -0.39 is 0 Å². The summed E-state index contributed by atoms with van der Waals surface area (Å²) >= 11 is 0. The van der Waals surface area contributed by atoms with Gasteiger partial charge >= 0.3 is 5.97 Å². The van der Waals surface area contributed by atoms with Crippen LogP contribution in [0.4, 0.5) is 0 Å². The Morgan fingerprint density at radius 3 is 2.50 bits per heavy atom. The fraction of sp³-hybridized carbons (Fsp3) is 0.941. The predicted molar refractivity (Wildman–Crippen MR) is 77.3 cm³/mol. The van der Waals surface area contributed by atoms with E-state index in [2.05, 4.69) is 27.7 Å². The van der Waals surface area contributed by atoms with Gasteiger partial charge in [0.15, 0.2) is 0 Å². The average molecular weight is 280 g/mol. The zero-order chi connectivity index (χ0) is 14.8. The molecule has 0 aromatic rings. The van der Waals surface area contributed by atoms with Gasteiger partial charge in [-0.25, -0.2) is 0 Å². The Morgan fingerprint density at radius 2 is 1.90 bits per heavy atom. The fourth-order valence-corrected chi connectivity index (χ4v) is 5.50. The van der Waals surface area contributed by atoms with Crippen LogP contribution in [-0.2, 0) is 14.3 Å². The van der Waals surface area contributed by atoms with Crippen LogP contribution in [0.15, 0.2) is 0 Å². The number of ether oxygens (including phenoxy) is 2. The summed E-state index contributed by atoms with van der Waals surface area (Å²) in [7, 11) is 0. The monoisotopic (exact) mass is 280 g/mol. The van der Waals surface area contributed by atoms with E-state index in [1.54, 1.807) is 0 Å². The molecule has 2 bridgehead atoms. The van der Waals surface area contributed by atoms with Crippen molar-refractivity contribution < 1.29 is 14.3 Å². The van der Waals surface area contributed by atoms with Crippen LogP contribution in [0.2, 0.25) is 0 Å². The van der Waals surface area contributed by atoms with E-state index in [9.17, 15) is 4.79 Å². The van der Waals surface area contributed by atoms with Crippen molar-refractivity contribution in [2.45, 2.75) is 84.0 Å². The smallest absolute Gasteiger partial charge is 0.303 e. The van der Waals surface area contributed by atoms with Gasteiger partial charge in [-0.15, -0.1) is 0 Å². The summed E-state index contributed by atoms with van der Waals surface area (Å²) in [5, 5.41) is 0. The van der Waals surface area contributed by atoms with Crippen molar-refractivity contribution >= 4 is 5.97 Å². The van der Waals surface area contributed by atoms with E-state index in [0.717, 1.165) is 12.8 Å². The van der Waals surface area contributed by atoms with Gasteiger partial charge in [0.25, 0.3) is 0 Å². The van der Waals surface area contributed by atoms with E-state index in [1.807, 2.05) is 0 Å². The zero-order valence-electron chi connectivity index (χ0n) is 13.5. The molecule has 20 heavy (non-hydrogen) atoms. The minimum absolute atomic E-state index is 0.0657. The van der Waals surface area contributed by atoms with Crippen molar-refractivity contribution in [1.82, 2.24) is 0 Å². The maximum atomic E-state index is 11.6. The third-order valence-corrected chi connectivity index (χ3v) is 6.39. The number of esters is 1. The van der Waals surface area contributed by atoms with Crippen LogP contribution in [0.5, 0.6) is 0 Å². The van der Waals surface area contributed by atoms with Gasteiger partial charge in [-0.05, 0) is 43.9 Å². The van der Waals surface area contributed by atoms with Crippen LogP contribution in [0.1, 0.15) is 66.7 Å². The van der Waals surface area contributed by atoms with Crippen molar-refractivity contribution in [3.63, 3.8) is 0 Å². The molecule has 0 N–H and O–H groups in total. The Labute approximate surface area is 122 Å². The van der Waals surface area contributed by atoms with Gasteiger partial charge in [-0.2, -0.15) is 0 Å². The maximum absolute atomic E-state index is 11.6. The number of fused-ring (bicyclic) bond motifs is 1. The first-order valence-corrected chi connectivity index (χ1v) is 8.11. The molecular weight excluding hydrogens is 252 g/mol. The highest BCUT2D eigenvalue weighted by Gasteiger charge is 2.71. The van der Waals surface area contributed by atoms with Crippen LogP contribution in [-0.4, -0.2) is 23.3 Å². The molecule has 0 amide bonds. The molecule has 3 rings (SSSR count). The van der Waals surface area contributed by atoms with Crippen molar-refractivity contribution in [3.05, 3.63) is 0 Å². The van der Waals surface area contributed by atoms with Crippen LogP contribution in [0, 0.1) is 17.3 Å². The van der Waals surface area contributed by atoms with Gasteiger partial charge in [0.1, 0.15) is 11.7 Å². The topological polar surface area (TPSA) is 35.5 Å². The van der Waals surface area contributed by atoms with Crippen molar-refractivity contribution in [2.24, 2.45) is 17.3 Å². The number of carbonyl (C=O) groups is 1. The summed E-state index contributed by atoms with van der Waals surface area (Å²) in [5.74, 6) is 0.560. The highest BCUT2D eigenvalue weighted by Crippen LogP contribution is 2.66. The van der Waals surface area contributed by atoms with Crippen LogP contribution >= 0.6 is 0 Å². The third kappa shape index (κ3) is 1.71. The standard InChI is InChI=1S/C17H28O3/c1-11(2)17-10-9-15(4)7-6-8-16(5,20-17)13(15)14(17)19-12(3)18/h11,13-14H,6-10H2,1-5H3.